The normalized spacial score (nSPS) is 0. The Morgan fingerprint density at radius 3 is 0.500 bits per heavy atom. The van der Waals surface area contributed by atoms with E-state index in [-0.39, 0.29) is 45.1 Å². The van der Waals surface area contributed by atoms with Crippen LogP contribution in [0.15, 0.2) is 0 Å². The summed E-state index contributed by atoms with van der Waals surface area (Å²) in [6.07, 6.45) is 0. The average molecular weight is 161 g/mol. The van der Waals surface area contributed by atoms with Gasteiger partial charge in [-0.05, 0) is 0 Å². The molecule has 0 saturated carbocycles. The molecule has 4 heavy (non-hydrogen) atoms. The van der Waals surface area contributed by atoms with Crippen molar-refractivity contribution in [3.63, 3.8) is 0 Å². The Kier molecular flexibility index (Phi) is 796. The van der Waals surface area contributed by atoms with Crippen molar-refractivity contribution in [1.29, 1.82) is 0 Å². The van der Waals surface area contributed by atoms with Gasteiger partial charge in [-0.15, -0.1) is 0 Å². The second-order valence-corrected chi connectivity index (χ2v) is 0. The van der Waals surface area contributed by atoms with Crippen LogP contribution < -0.4 is 0 Å². The first kappa shape index (κ1) is 84.5. The maximum absolute atomic E-state index is 0. The Labute approximate surface area is 45.5 Å². The Morgan fingerprint density at radius 1 is 0.500 bits per heavy atom. The predicted octanol–water partition coefficient (Wildman–Crippen LogP) is -0.359. The standard InChI is InChI=1S/2Cu.2H2O/h;;2*1H2/q2*+2;;/p-2. The topological polar surface area (TPSA) is 60.0 Å². The Balaban J connectivity index is 0. The molecule has 4 heteroatoms. The van der Waals surface area contributed by atoms with Crippen LogP contribution in [-0.2, 0) is 34.1 Å². The second kappa shape index (κ2) is 37.7. The molecule has 2 nitrogen and oxygen atoms in total. The Bertz CT molecular complexity index is 4.00. The predicted molar refractivity (Wildman–Crippen MR) is 3.87 cm³/mol. The largest absolute Gasteiger partial charge is 2.00 e. The minimum Gasteiger partial charge on any atom is -0.870 e. The Hall–Kier alpha value is 0.959. The third-order valence-corrected chi connectivity index (χ3v) is 0. The van der Waals surface area contributed by atoms with Crippen molar-refractivity contribution in [2.45, 2.75) is 0 Å². The first-order valence-electron chi connectivity index (χ1n) is 0. The van der Waals surface area contributed by atoms with E-state index in [9.17, 15) is 0 Å². The molecule has 0 unspecified atom stereocenters. The minimum absolute atomic E-state index is 0. The summed E-state index contributed by atoms with van der Waals surface area (Å²) >= 11 is 0. The maximum atomic E-state index is 0. The van der Waals surface area contributed by atoms with E-state index in [0.29, 0.717) is 0 Å². The summed E-state index contributed by atoms with van der Waals surface area (Å²) in [5.74, 6) is 0. The minimum atomic E-state index is 0. The van der Waals surface area contributed by atoms with Gasteiger partial charge in [-0.2, -0.15) is 0 Å². The fourth-order valence-corrected chi connectivity index (χ4v) is 0. The zero-order chi connectivity index (χ0) is 0. The SMILES string of the molecule is [Cu+2].[Cu+2].[OH-].[OH-]. The molecule has 0 aromatic heterocycles. The quantitative estimate of drug-likeness (QED) is 0.455. The molecule has 0 heterocycles. The van der Waals surface area contributed by atoms with Gasteiger partial charge < -0.3 is 11.0 Å². The van der Waals surface area contributed by atoms with Crippen molar-refractivity contribution in [1.82, 2.24) is 0 Å². The second-order valence-electron chi connectivity index (χ2n) is 0. The monoisotopic (exact) mass is 160 g/mol. The van der Waals surface area contributed by atoms with E-state index in [1.807, 2.05) is 0 Å². The van der Waals surface area contributed by atoms with Crippen LogP contribution in [-0.4, -0.2) is 11.0 Å². The van der Waals surface area contributed by atoms with Crippen molar-refractivity contribution in [3.05, 3.63) is 0 Å². The van der Waals surface area contributed by atoms with Gasteiger partial charge in [0.2, 0.25) is 0 Å². The third-order valence-electron chi connectivity index (χ3n) is 0. The van der Waals surface area contributed by atoms with Gasteiger partial charge in [0.15, 0.2) is 0 Å². The van der Waals surface area contributed by atoms with Crippen LogP contribution in [0.1, 0.15) is 0 Å². The summed E-state index contributed by atoms with van der Waals surface area (Å²) in [6.45, 7) is 0. The van der Waals surface area contributed by atoms with Crippen molar-refractivity contribution >= 4 is 0 Å². The summed E-state index contributed by atoms with van der Waals surface area (Å²) in [5, 5.41) is 0. The molecule has 2 N–H and O–H groups in total. The van der Waals surface area contributed by atoms with Crippen LogP contribution >= 0.6 is 0 Å². The number of hydrogen-bond donors (Lipinski definition) is 0. The molecule has 34 valence electrons. The van der Waals surface area contributed by atoms with E-state index in [1.165, 1.54) is 0 Å². The summed E-state index contributed by atoms with van der Waals surface area (Å²) in [6, 6.07) is 0. The molecule has 0 aliphatic carbocycles. The fourth-order valence-electron chi connectivity index (χ4n) is 0. The third kappa shape index (κ3) is 12.3. The zero-order valence-corrected chi connectivity index (χ0v) is 3.38. The summed E-state index contributed by atoms with van der Waals surface area (Å²) in [5.41, 5.74) is 0. The first-order chi connectivity index (χ1) is 0. The summed E-state index contributed by atoms with van der Waals surface area (Å²) < 4.78 is 0. The van der Waals surface area contributed by atoms with Crippen LogP contribution in [0.2, 0.25) is 0 Å². The van der Waals surface area contributed by atoms with Crippen molar-refractivity contribution in [2.24, 2.45) is 0 Å². The fraction of sp³-hybridized carbons (Fsp3) is 0. The van der Waals surface area contributed by atoms with Gasteiger partial charge in [0.1, 0.15) is 0 Å². The summed E-state index contributed by atoms with van der Waals surface area (Å²) in [4.78, 5) is 0. The maximum Gasteiger partial charge on any atom is 2.00 e. The van der Waals surface area contributed by atoms with E-state index in [2.05, 4.69) is 0 Å². The molecule has 0 aromatic carbocycles. The molecule has 0 rings (SSSR count). The molecule has 0 aromatic rings. The van der Waals surface area contributed by atoms with Crippen molar-refractivity contribution in [2.75, 3.05) is 0 Å². The van der Waals surface area contributed by atoms with Crippen molar-refractivity contribution < 1.29 is 45.1 Å². The average Bonchev–Trinajstić information content (AvgIpc) is 0. The van der Waals surface area contributed by atoms with Crippen LogP contribution in [0.5, 0.6) is 0 Å². The molecular weight excluding hydrogens is 159 g/mol. The molecule has 0 saturated heterocycles. The Morgan fingerprint density at radius 2 is 0.500 bits per heavy atom. The molecule has 0 amide bonds. The zero-order valence-electron chi connectivity index (χ0n) is 1.50. The molecule has 0 atom stereocenters. The van der Waals surface area contributed by atoms with Crippen LogP contribution in [0.25, 0.3) is 0 Å². The van der Waals surface area contributed by atoms with E-state index < -0.39 is 0 Å². The van der Waals surface area contributed by atoms with Gasteiger partial charge in [0.05, 0.1) is 0 Å². The number of hydrogen-bond acceptors (Lipinski definition) is 2. The van der Waals surface area contributed by atoms with Crippen molar-refractivity contribution in [3.8, 4) is 0 Å². The van der Waals surface area contributed by atoms with E-state index in [0.717, 1.165) is 0 Å². The number of rotatable bonds is 0. The molecule has 0 fully saturated rings. The first-order valence-corrected chi connectivity index (χ1v) is 0. The molecule has 0 aliphatic rings. The van der Waals surface area contributed by atoms with Crippen LogP contribution in [0, 0.1) is 0 Å². The smallest absolute Gasteiger partial charge is 0.870 e. The molecule has 0 bridgehead atoms. The van der Waals surface area contributed by atoms with Gasteiger partial charge in [0, 0.05) is 0 Å². The van der Waals surface area contributed by atoms with Gasteiger partial charge in [-0.1, -0.05) is 0 Å². The van der Waals surface area contributed by atoms with E-state index in [4.69, 9.17) is 0 Å². The molecule has 0 aliphatic heterocycles. The van der Waals surface area contributed by atoms with E-state index >= 15 is 0 Å². The van der Waals surface area contributed by atoms with E-state index in [1.54, 1.807) is 0 Å². The van der Waals surface area contributed by atoms with Gasteiger partial charge in [0.25, 0.3) is 0 Å². The molecular formula is H2Cu2O2+2. The van der Waals surface area contributed by atoms with Gasteiger partial charge in [-0.3, -0.25) is 0 Å². The van der Waals surface area contributed by atoms with Crippen LogP contribution in [0.4, 0.5) is 0 Å². The van der Waals surface area contributed by atoms with Gasteiger partial charge >= 0.3 is 34.1 Å². The summed E-state index contributed by atoms with van der Waals surface area (Å²) in [7, 11) is 0. The van der Waals surface area contributed by atoms with Crippen LogP contribution in [0.3, 0.4) is 0 Å². The van der Waals surface area contributed by atoms with Gasteiger partial charge in [-0.25, -0.2) is 0 Å². The molecule has 0 spiro atoms. The molecule has 2 radical (unpaired) electrons.